The molecule has 1 aliphatic rings. The van der Waals surface area contributed by atoms with Crippen LogP contribution in [0.2, 0.25) is 0 Å². The molecule has 0 aliphatic carbocycles. The Labute approximate surface area is 209 Å². The average molecular weight is 489 g/mol. The zero-order chi connectivity index (χ0) is 25.3. The SMILES string of the molecule is O=C(CN1CCCN(C(=O)Nc2cccc(C(=O)O)c2)CC1)Nc1ccc(Oc2ccccc2)cc1. The molecule has 0 unspecified atom stereocenters. The van der Waals surface area contributed by atoms with Crippen LogP contribution in [0.5, 0.6) is 11.5 Å². The quantitative estimate of drug-likeness (QED) is 0.456. The molecule has 3 aromatic carbocycles. The van der Waals surface area contributed by atoms with Gasteiger partial charge in [-0.3, -0.25) is 9.69 Å². The van der Waals surface area contributed by atoms with Crippen molar-refractivity contribution in [1.82, 2.24) is 9.80 Å². The summed E-state index contributed by atoms with van der Waals surface area (Å²) in [6, 6.07) is 22.5. The fourth-order valence-electron chi connectivity index (χ4n) is 3.90. The summed E-state index contributed by atoms with van der Waals surface area (Å²) >= 11 is 0. The standard InChI is InChI=1S/C27H28N4O5/c32-25(28-21-10-12-24(13-11-21)36-23-8-2-1-3-9-23)19-30-14-5-15-31(17-16-30)27(35)29-22-7-4-6-20(18-22)26(33)34/h1-4,6-13,18H,5,14-17,19H2,(H,28,32)(H,29,35)(H,33,34). The fourth-order valence-corrected chi connectivity index (χ4v) is 3.90. The zero-order valence-corrected chi connectivity index (χ0v) is 19.7. The van der Waals surface area contributed by atoms with Crippen LogP contribution in [-0.2, 0) is 4.79 Å². The number of carbonyl (C=O) groups is 3. The van der Waals surface area contributed by atoms with Gasteiger partial charge in [-0.15, -0.1) is 0 Å². The molecule has 3 N–H and O–H groups in total. The van der Waals surface area contributed by atoms with E-state index in [9.17, 15) is 14.4 Å². The number of nitrogens with zero attached hydrogens (tertiary/aromatic N) is 2. The molecule has 3 amide bonds. The number of hydrogen-bond donors (Lipinski definition) is 3. The maximum atomic E-state index is 12.7. The molecule has 1 fully saturated rings. The molecule has 186 valence electrons. The van der Waals surface area contributed by atoms with E-state index < -0.39 is 5.97 Å². The highest BCUT2D eigenvalue weighted by Gasteiger charge is 2.21. The number of carbonyl (C=O) groups excluding carboxylic acids is 2. The molecule has 1 heterocycles. The van der Waals surface area contributed by atoms with Gasteiger partial charge >= 0.3 is 12.0 Å². The van der Waals surface area contributed by atoms with E-state index in [-0.39, 0.29) is 24.0 Å². The molecule has 9 nitrogen and oxygen atoms in total. The second kappa shape index (κ2) is 11.9. The molecule has 0 radical (unpaired) electrons. The first-order chi connectivity index (χ1) is 17.5. The number of anilines is 2. The van der Waals surface area contributed by atoms with E-state index in [0.29, 0.717) is 43.3 Å². The first-order valence-electron chi connectivity index (χ1n) is 11.7. The number of carboxylic acids is 1. The maximum Gasteiger partial charge on any atom is 0.335 e. The third-order valence-corrected chi connectivity index (χ3v) is 5.72. The number of rotatable bonds is 7. The molecule has 0 spiro atoms. The second-order valence-corrected chi connectivity index (χ2v) is 8.42. The molecule has 9 heteroatoms. The number of amides is 3. The highest BCUT2D eigenvalue weighted by atomic mass is 16.5. The van der Waals surface area contributed by atoms with Crippen LogP contribution in [0.1, 0.15) is 16.8 Å². The Morgan fingerprint density at radius 2 is 1.53 bits per heavy atom. The Morgan fingerprint density at radius 3 is 2.28 bits per heavy atom. The third kappa shape index (κ3) is 7.07. The Bertz CT molecular complexity index is 1200. The molecule has 1 saturated heterocycles. The highest BCUT2D eigenvalue weighted by molar-refractivity contribution is 5.93. The summed E-state index contributed by atoms with van der Waals surface area (Å²) in [5.41, 5.74) is 1.22. The maximum absolute atomic E-state index is 12.7. The fraction of sp³-hybridized carbons (Fsp3) is 0.222. The van der Waals surface area contributed by atoms with Crippen molar-refractivity contribution in [3.63, 3.8) is 0 Å². The van der Waals surface area contributed by atoms with Crippen molar-refractivity contribution in [3.05, 3.63) is 84.4 Å². The van der Waals surface area contributed by atoms with E-state index in [0.717, 1.165) is 12.2 Å². The number of urea groups is 1. The van der Waals surface area contributed by atoms with Gasteiger partial charge in [0, 0.05) is 37.6 Å². The Hall–Kier alpha value is -4.37. The predicted molar refractivity (Wildman–Crippen MR) is 137 cm³/mol. The number of nitrogens with one attached hydrogen (secondary N) is 2. The monoisotopic (exact) mass is 488 g/mol. The van der Waals surface area contributed by atoms with Crippen molar-refractivity contribution < 1.29 is 24.2 Å². The lowest BCUT2D eigenvalue weighted by atomic mass is 10.2. The zero-order valence-electron chi connectivity index (χ0n) is 19.7. The summed E-state index contributed by atoms with van der Waals surface area (Å²) in [5, 5.41) is 14.8. The molecule has 0 saturated carbocycles. The number of aromatic carboxylic acids is 1. The summed E-state index contributed by atoms with van der Waals surface area (Å²) in [5.74, 6) is 0.244. The van der Waals surface area contributed by atoms with Crippen LogP contribution in [0.4, 0.5) is 16.2 Å². The van der Waals surface area contributed by atoms with E-state index in [2.05, 4.69) is 10.6 Å². The summed E-state index contributed by atoms with van der Waals surface area (Å²) < 4.78 is 5.77. The Morgan fingerprint density at radius 1 is 0.778 bits per heavy atom. The van der Waals surface area contributed by atoms with Crippen molar-refractivity contribution in [2.75, 3.05) is 43.4 Å². The molecular formula is C27H28N4O5. The van der Waals surface area contributed by atoms with Gasteiger partial charge < -0.3 is 25.4 Å². The molecule has 1 aliphatic heterocycles. The molecule has 3 aromatic rings. The van der Waals surface area contributed by atoms with Gasteiger partial charge in [-0.25, -0.2) is 9.59 Å². The third-order valence-electron chi connectivity index (χ3n) is 5.72. The lowest BCUT2D eigenvalue weighted by Crippen LogP contribution is -2.39. The van der Waals surface area contributed by atoms with Crippen LogP contribution in [0.15, 0.2) is 78.9 Å². The molecule has 36 heavy (non-hydrogen) atoms. The summed E-state index contributed by atoms with van der Waals surface area (Å²) in [4.78, 5) is 40.1. The first kappa shape index (κ1) is 24.7. The van der Waals surface area contributed by atoms with Gasteiger partial charge in [0.15, 0.2) is 0 Å². The predicted octanol–water partition coefficient (Wildman–Crippen LogP) is 4.36. The van der Waals surface area contributed by atoms with E-state index in [1.54, 1.807) is 41.3 Å². The van der Waals surface area contributed by atoms with Gasteiger partial charge in [0.05, 0.1) is 12.1 Å². The van der Waals surface area contributed by atoms with Crippen molar-refractivity contribution in [2.24, 2.45) is 0 Å². The van der Waals surface area contributed by atoms with Crippen molar-refractivity contribution in [2.45, 2.75) is 6.42 Å². The van der Waals surface area contributed by atoms with Gasteiger partial charge in [0.1, 0.15) is 11.5 Å². The number of benzene rings is 3. The largest absolute Gasteiger partial charge is 0.478 e. The van der Waals surface area contributed by atoms with Crippen LogP contribution in [0.25, 0.3) is 0 Å². The van der Waals surface area contributed by atoms with Crippen molar-refractivity contribution >= 4 is 29.3 Å². The van der Waals surface area contributed by atoms with Crippen molar-refractivity contribution in [1.29, 1.82) is 0 Å². The number of carboxylic acid groups (broad SMARTS) is 1. The summed E-state index contributed by atoms with van der Waals surface area (Å²) in [6.07, 6.45) is 0.724. The van der Waals surface area contributed by atoms with Crippen LogP contribution < -0.4 is 15.4 Å². The minimum absolute atomic E-state index is 0.110. The van der Waals surface area contributed by atoms with Gasteiger partial charge in [-0.1, -0.05) is 24.3 Å². The molecular weight excluding hydrogens is 460 g/mol. The summed E-state index contributed by atoms with van der Waals surface area (Å²) in [6.45, 7) is 2.47. The van der Waals surface area contributed by atoms with Crippen LogP contribution in [0, 0.1) is 0 Å². The van der Waals surface area contributed by atoms with E-state index in [1.807, 2.05) is 35.2 Å². The average Bonchev–Trinajstić information content (AvgIpc) is 3.11. The van der Waals surface area contributed by atoms with Gasteiger partial charge in [-0.2, -0.15) is 0 Å². The molecule has 0 aromatic heterocycles. The number of ether oxygens (including phenoxy) is 1. The molecule has 4 rings (SSSR count). The van der Waals surface area contributed by atoms with Crippen molar-refractivity contribution in [3.8, 4) is 11.5 Å². The van der Waals surface area contributed by atoms with E-state index >= 15 is 0 Å². The number of hydrogen-bond acceptors (Lipinski definition) is 5. The second-order valence-electron chi connectivity index (χ2n) is 8.42. The lowest BCUT2D eigenvalue weighted by molar-refractivity contribution is -0.117. The summed E-state index contributed by atoms with van der Waals surface area (Å²) in [7, 11) is 0. The van der Waals surface area contributed by atoms with Crippen LogP contribution in [0.3, 0.4) is 0 Å². The highest BCUT2D eigenvalue weighted by Crippen LogP contribution is 2.22. The minimum atomic E-state index is -1.05. The van der Waals surface area contributed by atoms with Crippen LogP contribution >= 0.6 is 0 Å². The normalized spacial score (nSPS) is 13.9. The smallest absolute Gasteiger partial charge is 0.335 e. The molecule has 0 atom stereocenters. The van der Waals surface area contributed by atoms with E-state index in [1.165, 1.54) is 12.1 Å². The van der Waals surface area contributed by atoms with Crippen LogP contribution in [-0.4, -0.2) is 65.5 Å². The van der Waals surface area contributed by atoms with Gasteiger partial charge in [-0.05, 0) is 61.0 Å². The Balaban J connectivity index is 1.24. The van der Waals surface area contributed by atoms with E-state index in [4.69, 9.17) is 9.84 Å². The Kier molecular flexibility index (Phi) is 8.15. The minimum Gasteiger partial charge on any atom is -0.478 e. The van der Waals surface area contributed by atoms with Gasteiger partial charge in [0.25, 0.3) is 0 Å². The topological polar surface area (TPSA) is 111 Å². The lowest BCUT2D eigenvalue weighted by Gasteiger charge is -2.22. The number of para-hydroxylation sites is 1. The molecule has 0 bridgehead atoms. The van der Waals surface area contributed by atoms with Gasteiger partial charge in [0.2, 0.25) is 5.91 Å². The first-order valence-corrected chi connectivity index (χ1v) is 11.7.